The van der Waals surface area contributed by atoms with Crippen molar-refractivity contribution in [2.75, 3.05) is 20.0 Å². The first-order valence-electron chi connectivity index (χ1n) is 7.59. The number of ether oxygens (including phenoxy) is 2. The highest BCUT2D eigenvalue weighted by atomic mass is 35.5. The zero-order valence-corrected chi connectivity index (χ0v) is 16.6. The Balaban J connectivity index is 2.19. The Kier molecular flexibility index (Phi) is 5.23. The Bertz CT molecular complexity index is 963. The van der Waals surface area contributed by atoms with E-state index in [1.165, 1.54) is 4.68 Å². The lowest BCUT2D eigenvalue weighted by atomic mass is 10.1. The van der Waals surface area contributed by atoms with Gasteiger partial charge in [-0.25, -0.2) is 4.68 Å². The van der Waals surface area contributed by atoms with Gasteiger partial charge in [0, 0.05) is 10.6 Å². The molecule has 8 heteroatoms. The molecule has 0 saturated carbocycles. The monoisotopic (exact) mass is 411 g/mol. The average molecular weight is 413 g/mol. The number of halogens is 3. The van der Waals surface area contributed by atoms with Crippen LogP contribution in [0.15, 0.2) is 30.3 Å². The molecule has 1 aromatic heterocycles. The quantitative estimate of drug-likeness (QED) is 0.622. The minimum absolute atomic E-state index is 0.357. The van der Waals surface area contributed by atoms with E-state index in [1.807, 2.05) is 25.1 Å². The van der Waals surface area contributed by atoms with Crippen LogP contribution >= 0.6 is 34.8 Å². The highest BCUT2D eigenvalue weighted by molar-refractivity contribution is 6.40. The van der Waals surface area contributed by atoms with Crippen LogP contribution in [0.25, 0.3) is 16.8 Å². The van der Waals surface area contributed by atoms with Gasteiger partial charge in [0.15, 0.2) is 11.5 Å². The van der Waals surface area contributed by atoms with Gasteiger partial charge in [-0.1, -0.05) is 40.9 Å². The van der Waals surface area contributed by atoms with Crippen LogP contribution in [-0.4, -0.2) is 24.0 Å². The van der Waals surface area contributed by atoms with Gasteiger partial charge >= 0.3 is 0 Å². The molecule has 0 fully saturated rings. The minimum atomic E-state index is 0.357. The predicted molar refractivity (Wildman–Crippen MR) is 106 cm³/mol. The van der Waals surface area contributed by atoms with Crippen LogP contribution in [0.1, 0.15) is 5.69 Å². The summed E-state index contributed by atoms with van der Waals surface area (Å²) in [6.45, 7) is 1.86. The Hall–Kier alpha value is -2.08. The summed E-state index contributed by atoms with van der Waals surface area (Å²) < 4.78 is 12.2. The van der Waals surface area contributed by atoms with Gasteiger partial charge in [-0.3, -0.25) is 0 Å². The van der Waals surface area contributed by atoms with E-state index in [0.29, 0.717) is 38.1 Å². The third-order valence-electron chi connectivity index (χ3n) is 3.96. The highest BCUT2D eigenvalue weighted by Gasteiger charge is 2.20. The molecule has 0 amide bonds. The molecule has 0 aliphatic heterocycles. The molecular weight excluding hydrogens is 397 g/mol. The molecule has 0 saturated heterocycles. The second-order valence-corrected chi connectivity index (χ2v) is 6.80. The number of nitrogen functional groups attached to an aromatic ring is 1. The van der Waals surface area contributed by atoms with Crippen LogP contribution in [0.5, 0.6) is 11.5 Å². The summed E-state index contributed by atoms with van der Waals surface area (Å²) in [6.07, 6.45) is 0. The number of aryl methyl sites for hydroxylation is 1. The number of methoxy groups -OCH3 is 2. The van der Waals surface area contributed by atoms with Crippen molar-refractivity contribution in [1.29, 1.82) is 0 Å². The predicted octanol–water partition coefficient (Wildman–Crippen LogP) is 5.41. The number of rotatable bonds is 4. The van der Waals surface area contributed by atoms with Crippen molar-refractivity contribution in [3.05, 3.63) is 51.1 Å². The molecule has 0 aliphatic rings. The smallest absolute Gasteiger partial charge is 0.161 e. The molecule has 1 heterocycles. The summed E-state index contributed by atoms with van der Waals surface area (Å²) in [5.41, 5.74) is 9.18. The lowest BCUT2D eigenvalue weighted by molar-refractivity contribution is 0.355. The minimum Gasteiger partial charge on any atom is -0.493 e. The van der Waals surface area contributed by atoms with E-state index >= 15 is 0 Å². The SMILES string of the molecule is COc1ccc(-c2c(C)nn(-c3c(Cl)cc(Cl)cc3Cl)c2N)cc1OC. The fraction of sp³-hybridized carbons (Fsp3) is 0.167. The second-order valence-electron chi connectivity index (χ2n) is 5.55. The summed E-state index contributed by atoms with van der Waals surface area (Å²) in [5.74, 6) is 1.63. The molecule has 0 spiro atoms. The van der Waals surface area contributed by atoms with Gasteiger partial charge in [0.25, 0.3) is 0 Å². The van der Waals surface area contributed by atoms with Gasteiger partial charge in [0.2, 0.25) is 0 Å². The molecule has 0 unspecified atom stereocenters. The van der Waals surface area contributed by atoms with Crippen LogP contribution in [0.3, 0.4) is 0 Å². The molecular formula is C18H16Cl3N3O2. The Morgan fingerprint density at radius 1 is 0.962 bits per heavy atom. The van der Waals surface area contributed by atoms with Gasteiger partial charge in [0.1, 0.15) is 11.5 Å². The van der Waals surface area contributed by atoms with E-state index < -0.39 is 0 Å². The maximum atomic E-state index is 6.38. The Morgan fingerprint density at radius 2 is 1.58 bits per heavy atom. The fourth-order valence-electron chi connectivity index (χ4n) is 2.80. The summed E-state index contributed by atoms with van der Waals surface area (Å²) in [7, 11) is 3.16. The number of anilines is 1. The van der Waals surface area contributed by atoms with E-state index in [9.17, 15) is 0 Å². The second kappa shape index (κ2) is 7.27. The van der Waals surface area contributed by atoms with E-state index in [1.54, 1.807) is 26.4 Å². The van der Waals surface area contributed by atoms with E-state index in [2.05, 4.69) is 5.10 Å². The molecule has 3 rings (SSSR count). The molecule has 0 aliphatic carbocycles. The molecule has 2 N–H and O–H groups in total. The van der Waals surface area contributed by atoms with E-state index in [0.717, 1.165) is 16.8 Å². The van der Waals surface area contributed by atoms with Crippen molar-refractivity contribution in [3.8, 4) is 28.3 Å². The number of hydrogen-bond acceptors (Lipinski definition) is 4. The molecule has 2 aromatic carbocycles. The van der Waals surface area contributed by atoms with Crippen molar-refractivity contribution in [3.63, 3.8) is 0 Å². The van der Waals surface area contributed by atoms with Crippen molar-refractivity contribution >= 4 is 40.6 Å². The first kappa shape index (κ1) is 18.7. The average Bonchev–Trinajstić information content (AvgIpc) is 2.87. The lowest BCUT2D eigenvalue weighted by Gasteiger charge is -2.11. The topological polar surface area (TPSA) is 62.3 Å². The summed E-state index contributed by atoms with van der Waals surface area (Å²) in [5, 5.41) is 5.66. The van der Waals surface area contributed by atoms with Gasteiger partial charge in [-0.05, 0) is 36.8 Å². The maximum absolute atomic E-state index is 6.38. The van der Waals surface area contributed by atoms with Crippen LogP contribution in [0.2, 0.25) is 15.1 Å². The normalized spacial score (nSPS) is 10.8. The molecule has 136 valence electrons. The molecule has 0 atom stereocenters. The number of aromatic nitrogens is 2. The largest absolute Gasteiger partial charge is 0.493 e. The number of hydrogen-bond donors (Lipinski definition) is 1. The molecule has 26 heavy (non-hydrogen) atoms. The van der Waals surface area contributed by atoms with E-state index in [4.69, 9.17) is 50.0 Å². The zero-order chi connectivity index (χ0) is 19.0. The van der Waals surface area contributed by atoms with Crippen molar-refractivity contribution < 1.29 is 9.47 Å². The first-order valence-corrected chi connectivity index (χ1v) is 8.73. The van der Waals surface area contributed by atoms with Gasteiger partial charge in [-0.2, -0.15) is 5.10 Å². The summed E-state index contributed by atoms with van der Waals surface area (Å²) >= 11 is 18.6. The molecule has 0 bridgehead atoms. The summed E-state index contributed by atoms with van der Waals surface area (Å²) in [6, 6.07) is 8.73. The van der Waals surface area contributed by atoms with Gasteiger partial charge < -0.3 is 15.2 Å². The van der Waals surface area contributed by atoms with Crippen LogP contribution in [0, 0.1) is 6.92 Å². The summed E-state index contributed by atoms with van der Waals surface area (Å²) in [4.78, 5) is 0. The number of nitrogens with zero attached hydrogens (tertiary/aromatic N) is 2. The highest BCUT2D eigenvalue weighted by Crippen LogP contribution is 2.39. The van der Waals surface area contributed by atoms with Crippen LogP contribution in [0.4, 0.5) is 5.82 Å². The van der Waals surface area contributed by atoms with E-state index in [-0.39, 0.29) is 0 Å². The van der Waals surface area contributed by atoms with Crippen molar-refractivity contribution in [2.24, 2.45) is 0 Å². The first-order chi connectivity index (χ1) is 12.4. The Labute approximate surface area is 166 Å². The maximum Gasteiger partial charge on any atom is 0.161 e. The molecule has 5 nitrogen and oxygen atoms in total. The van der Waals surface area contributed by atoms with Gasteiger partial charge in [-0.15, -0.1) is 0 Å². The standard InChI is InChI=1S/C18H16Cl3N3O2/c1-9-16(10-4-5-14(25-2)15(6-10)26-3)18(22)24(23-9)17-12(20)7-11(19)8-13(17)21/h4-8H,22H2,1-3H3. The van der Waals surface area contributed by atoms with Crippen LogP contribution < -0.4 is 15.2 Å². The fourth-order valence-corrected chi connectivity index (χ4v) is 3.78. The third kappa shape index (κ3) is 3.18. The Morgan fingerprint density at radius 3 is 2.15 bits per heavy atom. The lowest BCUT2D eigenvalue weighted by Crippen LogP contribution is -2.04. The van der Waals surface area contributed by atoms with Crippen molar-refractivity contribution in [1.82, 2.24) is 9.78 Å². The van der Waals surface area contributed by atoms with Gasteiger partial charge in [0.05, 0.1) is 30.0 Å². The van der Waals surface area contributed by atoms with Crippen LogP contribution in [-0.2, 0) is 0 Å². The number of benzene rings is 2. The number of nitrogens with two attached hydrogens (primary N) is 1. The molecule has 3 aromatic rings. The van der Waals surface area contributed by atoms with Crippen molar-refractivity contribution in [2.45, 2.75) is 6.92 Å². The molecule has 0 radical (unpaired) electrons. The third-order valence-corrected chi connectivity index (χ3v) is 4.76. The zero-order valence-electron chi connectivity index (χ0n) is 14.3.